The van der Waals surface area contributed by atoms with Gasteiger partial charge in [-0.05, 0) is 49.7 Å². The molecule has 2 heterocycles. The van der Waals surface area contributed by atoms with E-state index in [0.717, 1.165) is 29.2 Å². The smallest absolute Gasteiger partial charge is 0.233 e. The Labute approximate surface area is 221 Å². The van der Waals surface area contributed by atoms with Gasteiger partial charge in [0.25, 0.3) is 0 Å². The van der Waals surface area contributed by atoms with Crippen molar-refractivity contribution in [1.29, 1.82) is 0 Å². The number of benzene rings is 2. The highest BCUT2D eigenvalue weighted by Gasteiger charge is 2.29. The first-order valence-electron chi connectivity index (χ1n) is 12.4. The summed E-state index contributed by atoms with van der Waals surface area (Å²) in [7, 11) is 3.25. The molecule has 0 bridgehead atoms. The first-order chi connectivity index (χ1) is 17.9. The zero-order valence-electron chi connectivity index (χ0n) is 21.7. The summed E-state index contributed by atoms with van der Waals surface area (Å²) in [6, 6.07) is 15.3. The van der Waals surface area contributed by atoms with Crippen molar-refractivity contribution in [3.05, 3.63) is 48.5 Å². The van der Waals surface area contributed by atoms with Crippen LogP contribution in [0.4, 0.5) is 0 Å². The van der Waals surface area contributed by atoms with Gasteiger partial charge in [-0.15, -0.1) is 10.2 Å². The van der Waals surface area contributed by atoms with Gasteiger partial charge in [0, 0.05) is 43.3 Å². The number of nitrogens with zero attached hydrogens (tertiary/aromatic N) is 5. The molecule has 1 saturated heterocycles. The number of rotatable bonds is 9. The Kier molecular flexibility index (Phi) is 8.70. The van der Waals surface area contributed by atoms with Crippen molar-refractivity contribution in [2.45, 2.75) is 37.9 Å². The number of hydrogen-bond acceptors (Lipinski definition) is 7. The van der Waals surface area contributed by atoms with Gasteiger partial charge in [-0.25, -0.2) is 0 Å². The third kappa shape index (κ3) is 6.07. The third-order valence-corrected chi connectivity index (χ3v) is 7.29. The summed E-state index contributed by atoms with van der Waals surface area (Å²) in [4.78, 5) is 29.2. The highest BCUT2D eigenvalue weighted by molar-refractivity contribution is 7.99. The molecule has 10 heteroatoms. The van der Waals surface area contributed by atoms with Crippen molar-refractivity contribution in [3.8, 4) is 28.6 Å². The van der Waals surface area contributed by atoms with Gasteiger partial charge in [0.05, 0.1) is 20.0 Å². The van der Waals surface area contributed by atoms with E-state index in [1.807, 2.05) is 76.7 Å². The van der Waals surface area contributed by atoms with E-state index in [4.69, 9.17) is 9.47 Å². The van der Waals surface area contributed by atoms with E-state index in [1.165, 1.54) is 11.8 Å². The van der Waals surface area contributed by atoms with Gasteiger partial charge in [-0.2, -0.15) is 0 Å². The maximum Gasteiger partial charge on any atom is 0.233 e. The summed E-state index contributed by atoms with van der Waals surface area (Å²) < 4.78 is 12.7. The van der Waals surface area contributed by atoms with Crippen molar-refractivity contribution in [2.75, 3.05) is 39.6 Å². The Balaban J connectivity index is 1.53. The molecule has 0 spiro atoms. The Hall–Kier alpha value is -3.53. The number of ether oxygens (including phenoxy) is 2. The van der Waals surface area contributed by atoms with Gasteiger partial charge >= 0.3 is 0 Å². The number of piperazine rings is 1. The van der Waals surface area contributed by atoms with Gasteiger partial charge in [0.2, 0.25) is 11.8 Å². The number of methoxy groups -OCH3 is 2. The minimum atomic E-state index is 0.00404. The monoisotopic (exact) mass is 523 g/mol. The van der Waals surface area contributed by atoms with Crippen molar-refractivity contribution in [2.24, 2.45) is 0 Å². The number of amides is 2. The SMILES string of the molecule is CCCC(=O)N1CCN(C(=O)CSc2nnc(-c3cccc(OC)c3)n2-c2ccc(OC)cc2)CC1C. The van der Waals surface area contributed by atoms with Crippen LogP contribution in [0.1, 0.15) is 26.7 Å². The second-order valence-electron chi connectivity index (χ2n) is 8.89. The van der Waals surface area contributed by atoms with E-state index in [9.17, 15) is 9.59 Å². The Morgan fingerprint density at radius 1 is 1.00 bits per heavy atom. The van der Waals surface area contributed by atoms with Crippen molar-refractivity contribution >= 4 is 23.6 Å². The second kappa shape index (κ2) is 12.1. The molecule has 9 nitrogen and oxygen atoms in total. The fraction of sp³-hybridized carbons (Fsp3) is 0.407. The van der Waals surface area contributed by atoms with Crippen LogP contribution in [-0.2, 0) is 9.59 Å². The van der Waals surface area contributed by atoms with E-state index < -0.39 is 0 Å². The summed E-state index contributed by atoms with van der Waals surface area (Å²) in [5.41, 5.74) is 1.71. The molecule has 0 N–H and O–H groups in total. The second-order valence-corrected chi connectivity index (χ2v) is 9.83. The summed E-state index contributed by atoms with van der Waals surface area (Å²) in [5.74, 6) is 2.52. The number of hydrogen-bond donors (Lipinski definition) is 0. The lowest BCUT2D eigenvalue weighted by molar-refractivity contribution is -0.141. The van der Waals surface area contributed by atoms with Crippen LogP contribution in [0.2, 0.25) is 0 Å². The molecule has 1 unspecified atom stereocenters. The largest absolute Gasteiger partial charge is 0.497 e. The zero-order chi connectivity index (χ0) is 26.4. The minimum absolute atomic E-state index is 0.00404. The maximum absolute atomic E-state index is 13.1. The highest BCUT2D eigenvalue weighted by atomic mass is 32.2. The van der Waals surface area contributed by atoms with Crippen LogP contribution in [0.5, 0.6) is 11.5 Å². The molecule has 0 radical (unpaired) electrons. The Bertz CT molecular complexity index is 1230. The fourth-order valence-corrected chi connectivity index (χ4v) is 5.26. The lowest BCUT2D eigenvalue weighted by atomic mass is 10.1. The van der Waals surface area contributed by atoms with Crippen molar-refractivity contribution in [3.63, 3.8) is 0 Å². The summed E-state index contributed by atoms with van der Waals surface area (Å²) in [6.07, 6.45) is 1.37. The molecule has 3 aromatic rings. The molecule has 0 aliphatic carbocycles. The van der Waals surface area contributed by atoms with Crippen LogP contribution in [0.25, 0.3) is 17.1 Å². The molecule has 2 aromatic carbocycles. The average molecular weight is 524 g/mol. The van der Waals surface area contributed by atoms with Gasteiger partial charge in [0.15, 0.2) is 11.0 Å². The van der Waals surface area contributed by atoms with E-state index in [2.05, 4.69) is 10.2 Å². The first kappa shape index (κ1) is 26.5. The molecule has 1 aliphatic heterocycles. The predicted molar refractivity (Wildman–Crippen MR) is 143 cm³/mol. The molecule has 37 heavy (non-hydrogen) atoms. The number of thioether (sulfide) groups is 1. The molecule has 2 amide bonds. The first-order valence-corrected chi connectivity index (χ1v) is 13.4. The lowest BCUT2D eigenvalue weighted by Crippen LogP contribution is -2.55. The molecule has 1 atom stereocenters. The molecule has 0 saturated carbocycles. The quantitative estimate of drug-likeness (QED) is 0.393. The Morgan fingerprint density at radius 2 is 1.76 bits per heavy atom. The van der Waals surface area contributed by atoms with Crippen molar-refractivity contribution < 1.29 is 19.1 Å². The Morgan fingerprint density at radius 3 is 2.43 bits per heavy atom. The molecular formula is C27H33N5O4S. The van der Waals surface area contributed by atoms with Crippen LogP contribution in [0.15, 0.2) is 53.7 Å². The maximum atomic E-state index is 13.1. The van der Waals surface area contributed by atoms with E-state index in [0.29, 0.717) is 37.0 Å². The number of aromatic nitrogens is 3. The van der Waals surface area contributed by atoms with Crippen LogP contribution in [-0.4, -0.2) is 82.0 Å². The van der Waals surface area contributed by atoms with Gasteiger partial charge in [0.1, 0.15) is 11.5 Å². The average Bonchev–Trinajstić information content (AvgIpc) is 3.35. The fourth-order valence-electron chi connectivity index (χ4n) is 4.41. The summed E-state index contributed by atoms with van der Waals surface area (Å²) >= 11 is 1.35. The molecule has 1 aromatic heterocycles. The zero-order valence-corrected chi connectivity index (χ0v) is 22.5. The third-order valence-electron chi connectivity index (χ3n) is 6.38. The van der Waals surface area contributed by atoms with E-state index in [-0.39, 0.29) is 23.6 Å². The normalized spacial score (nSPS) is 15.5. The van der Waals surface area contributed by atoms with Crippen LogP contribution in [0, 0.1) is 0 Å². The predicted octanol–water partition coefficient (Wildman–Crippen LogP) is 3.90. The topological polar surface area (TPSA) is 89.8 Å². The van der Waals surface area contributed by atoms with E-state index >= 15 is 0 Å². The number of carbonyl (C=O) groups excluding carboxylic acids is 2. The lowest BCUT2D eigenvalue weighted by Gasteiger charge is -2.40. The molecule has 196 valence electrons. The number of carbonyl (C=O) groups is 2. The molecular weight excluding hydrogens is 490 g/mol. The minimum Gasteiger partial charge on any atom is -0.497 e. The molecule has 1 fully saturated rings. The summed E-state index contributed by atoms with van der Waals surface area (Å²) in [5, 5.41) is 9.51. The van der Waals surface area contributed by atoms with Gasteiger partial charge < -0.3 is 19.3 Å². The van der Waals surface area contributed by atoms with E-state index in [1.54, 1.807) is 14.2 Å². The van der Waals surface area contributed by atoms with Crippen LogP contribution < -0.4 is 9.47 Å². The van der Waals surface area contributed by atoms with Crippen LogP contribution in [0.3, 0.4) is 0 Å². The van der Waals surface area contributed by atoms with Gasteiger partial charge in [-0.3, -0.25) is 14.2 Å². The summed E-state index contributed by atoms with van der Waals surface area (Å²) in [6.45, 7) is 5.65. The van der Waals surface area contributed by atoms with Crippen molar-refractivity contribution in [1.82, 2.24) is 24.6 Å². The highest BCUT2D eigenvalue weighted by Crippen LogP contribution is 2.30. The molecule has 4 rings (SSSR count). The molecule has 1 aliphatic rings. The van der Waals surface area contributed by atoms with Gasteiger partial charge in [-0.1, -0.05) is 30.8 Å². The van der Waals surface area contributed by atoms with Crippen LogP contribution >= 0.6 is 11.8 Å². The standard InChI is InChI=1S/C27H33N5O4S/c1-5-7-24(33)31-15-14-30(17-19(31)2)25(34)18-37-27-29-28-26(20-8-6-9-23(16-20)36-4)32(27)21-10-12-22(35-3)13-11-21/h6,8-13,16,19H,5,7,14-15,17-18H2,1-4H3.